The molecule has 3 heteroatoms. The lowest BCUT2D eigenvalue weighted by atomic mass is 9.95. The van der Waals surface area contributed by atoms with Crippen LogP contribution in [0.1, 0.15) is 33.6 Å². The van der Waals surface area contributed by atoms with Crippen molar-refractivity contribution in [1.82, 2.24) is 4.90 Å². The van der Waals surface area contributed by atoms with E-state index in [1.807, 2.05) is 54.6 Å². The first kappa shape index (κ1) is 11.9. The van der Waals surface area contributed by atoms with Gasteiger partial charge in [0.1, 0.15) is 6.10 Å². The second-order valence-corrected chi connectivity index (χ2v) is 4.80. The first-order valence-corrected chi connectivity index (χ1v) is 6.29. The summed E-state index contributed by atoms with van der Waals surface area (Å²) in [5.41, 5.74) is 2.40. The molecule has 1 aliphatic rings. The van der Waals surface area contributed by atoms with Crippen molar-refractivity contribution in [2.24, 2.45) is 0 Å². The summed E-state index contributed by atoms with van der Waals surface area (Å²) in [5, 5.41) is 10.6. The molecule has 0 saturated carbocycles. The Kier molecular flexibility index (Phi) is 2.84. The minimum atomic E-state index is -0.709. The Morgan fingerprint density at radius 1 is 1.05 bits per heavy atom. The van der Waals surface area contributed by atoms with E-state index in [4.69, 9.17) is 0 Å². The maximum atomic E-state index is 12.2. The number of amides is 1. The van der Waals surface area contributed by atoms with Crippen LogP contribution in [0.2, 0.25) is 0 Å². The molecule has 2 aromatic rings. The largest absolute Gasteiger partial charge is 0.386 e. The highest BCUT2D eigenvalue weighted by molar-refractivity contribution is 5.99. The highest BCUT2D eigenvalue weighted by atomic mass is 16.3. The van der Waals surface area contributed by atoms with E-state index in [9.17, 15) is 9.90 Å². The van der Waals surface area contributed by atoms with Gasteiger partial charge >= 0.3 is 0 Å². The summed E-state index contributed by atoms with van der Waals surface area (Å²) in [5.74, 6) is -0.0319. The zero-order valence-electron chi connectivity index (χ0n) is 10.7. The Bertz CT molecular complexity index is 609. The molecule has 2 atom stereocenters. The molecule has 0 aliphatic carbocycles. The van der Waals surface area contributed by atoms with Crippen molar-refractivity contribution in [3.63, 3.8) is 0 Å². The van der Waals surface area contributed by atoms with Gasteiger partial charge in [-0.25, -0.2) is 0 Å². The standard InChI is InChI=1S/C16H15NO2/c1-17-14(15(18)11-7-3-2-4-8-11)12-9-5-6-10-13(12)16(17)19/h2-10,14-15,18H,1H3. The number of benzene rings is 2. The van der Waals surface area contributed by atoms with E-state index in [0.717, 1.165) is 11.1 Å². The van der Waals surface area contributed by atoms with E-state index in [0.29, 0.717) is 5.56 Å². The lowest BCUT2D eigenvalue weighted by Gasteiger charge is -2.26. The number of hydrogen-bond acceptors (Lipinski definition) is 2. The zero-order chi connectivity index (χ0) is 13.4. The van der Waals surface area contributed by atoms with Gasteiger partial charge in [0.25, 0.3) is 5.91 Å². The van der Waals surface area contributed by atoms with Crippen LogP contribution in [-0.4, -0.2) is 23.0 Å². The predicted molar refractivity (Wildman–Crippen MR) is 72.7 cm³/mol. The Labute approximate surface area is 112 Å². The predicted octanol–water partition coefficient (Wildman–Crippen LogP) is 2.55. The number of rotatable bonds is 2. The average Bonchev–Trinajstić information content (AvgIpc) is 2.72. The lowest BCUT2D eigenvalue weighted by Crippen LogP contribution is -2.27. The molecular weight excluding hydrogens is 238 g/mol. The molecule has 96 valence electrons. The van der Waals surface area contributed by atoms with Crippen molar-refractivity contribution < 1.29 is 9.90 Å². The minimum Gasteiger partial charge on any atom is -0.386 e. The van der Waals surface area contributed by atoms with Gasteiger partial charge < -0.3 is 10.0 Å². The van der Waals surface area contributed by atoms with Crippen molar-refractivity contribution in [2.75, 3.05) is 7.05 Å². The van der Waals surface area contributed by atoms with Crippen LogP contribution in [0.4, 0.5) is 0 Å². The molecule has 3 rings (SSSR count). The third-order valence-electron chi connectivity index (χ3n) is 3.69. The summed E-state index contributed by atoms with van der Waals surface area (Å²) in [4.78, 5) is 13.8. The maximum absolute atomic E-state index is 12.2. The number of carbonyl (C=O) groups is 1. The van der Waals surface area contributed by atoms with Crippen molar-refractivity contribution in [3.8, 4) is 0 Å². The molecule has 0 bridgehead atoms. The second kappa shape index (κ2) is 4.52. The second-order valence-electron chi connectivity index (χ2n) is 4.80. The molecule has 1 amide bonds. The zero-order valence-corrected chi connectivity index (χ0v) is 10.7. The summed E-state index contributed by atoms with van der Waals surface area (Å²) in [6.07, 6.45) is -0.709. The third kappa shape index (κ3) is 1.83. The molecule has 1 aliphatic heterocycles. The Morgan fingerprint density at radius 2 is 1.68 bits per heavy atom. The average molecular weight is 253 g/mol. The first-order valence-electron chi connectivity index (χ1n) is 6.29. The summed E-state index contributed by atoms with van der Waals surface area (Å²) in [6.45, 7) is 0. The van der Waals surface area contributed by atoms with Gasteiger partial charge in [-0.3, -0.25) is 4.79 Å². The molecule has 0 fully saturated rings. The molecule has 19 heavy (non-hydrogen) atoms. The van der Waals surface area contributed by atoms with Gasteiger partial charge in [0.2, 0.25) is 0 Å². The van der Waals surface area contributed by atoms with Gasteiger partial charge in [-0.15, -0.1) is 0 Å². The Hall–Kier alpha value is -2.13. The third-order valence-corrected chi connectivity index (χ3v) is 3.69. The van der Waals surface area contributed by atoms with E-state index in [2.05, 4.69) is 0 Å². The topological polar surface area (TPSA) is 40.5 Å². The molecule has 2 unspecified atom stereocenters. The van der Waals surface area contributed by atoms with Gasteiger partial charge in [0.15, 0.2) is 0 Å². The van der Waals surface area contributed by atoms with Gasteiger partial charge in [0.05, 0.1) is 6.04 Å². The van der Waals surface area contributed by atoms with Gasteiger partial charge in [-0.05, 0) is 17.2 Å². The lowest BCUT2D eigenvalue weighted by molar-refractivity contribution is 0.0514. The maximum Gasteiger partial charge on any atom is 0.254 e. The smallest absolute Gasteiger partial charge is 0.254 e. The van der Waals surface area contributed by atoms with E-state index < -0.39 is 6.10 Å². The van der Waals surface area contributed by atoms with Gasteiger partial charge in [0, 0.05) is 12.6 Å². The molecule has 0 spiro atoms. The molecular formula is C16H15NO2. The van der Waals surface area contributed by atoms with Crippen LogP contribution in [-0.2, 0) is 0 Å². The summed E-state index contributed by atoms with van der Waals surface area (Å²) < 4.78 is 0. The monoisotopic (exact) mass is 253 g/mol. The number of aliphatic hydroxyl groups is 1. The van der Waals surface area contributed by atoms with Crippen LogP contribution in [0.25, 0.3) is 0 Å². The fourth-order valence-electron chi connectivity index (χ4n) is 2.69. The number of nitrogens with zero attached hydrogens (tertiary/aromatic N) is 1. The number of hydrogen-bond donors (Lipinski definition) is 1. The van der Waals surface area contributed by atoms with Crippen LogP contribution >= 0.6 is 0 Å². The normalized spacial score (nSPS) is 19.4. The summed E-state index contributed by atoms with van der Waals surface area (Å²) in [7, 11) is 1.74. The number of aliphatic hydroxyl groups excluding tert-OH is 1. The Morgan fingerprint density at radius 3 is 2.42 bits per heavy atom. The van der Waals surface area contributed by atoms with Crippen LogP contribution in [0.15, 0.2) is 54.6 Å². The fraction of sp³-hybridized carbons (Fsp3) is 0.188. The van der Waals surface area contributed by atoms with Crippen LogP contribution in [0, 0.1) is 0 Å². The van der Waals surface area contributed by atoms with Crippen LogP contribution in [0.5, 0.6) is 0 Å². The molecule has 1 heterocycles. The fourth-order valence-corrected chi connectivity index (χ4v) is 2.69. The number of fused-ring (bicyclic) bond motifs is 1. The first-order chi connectivity index (χ1) is 9.20. The quantitative estimate of drug-likeness (QED) is 0.893. The minimum absolute atomic E-state index is 0.0319. The van der Waals surface area contributed by atoms with E-state index in [1.54, 1.807) is 11.9 Å². The van der Waals surface area contributed by atoms with Crippen LogP contribution in [0.3, 0.4) is 0 Å². The number of carbonyl (C=O) groups excluding carboxylic acids is 1. The van der Waals surface area contributed by atoms with E-state index in [1.165, 1.54) is 0 Å². The Balaban J connectivity index is 2.04. The highest BCUT2D eigenvalue weighted by Gasteiger charge is 2.38. The van der Waals surface area contributed by atoms with Gasteiger partial charge in [-0.1, -0.05) is 48.5 Å². The molecule has 2 aromatic carbocycles. The van der Waals surface area contributed by atoms with E-state index >= 15 is 0 Å². The molecule has 0 radical (unpaired) electrons. The van der Waals surface area contributed by atoms with Crippen molar-refractivity contribution in [1.29, 1.82) is 0 Å². The molecule has 0 saturated heterocycles. The van der Waals surface area contributed by atoms with Crippen molar-refractivity contribution in [2.45, 2.75) is 12.1 Å². The molecule has 1 N–H and O–H groups in total. The van der Waals surface area contributed by atoms with Crippen LogP contribution < -0.4 is 0 Å². The van der Waals surface area contributed by atoms with E-state index in [-0.39, 0.29) is 11.9 Å². The number of likely N-dealkylation sites (N-methyl/N-ethyl adjacent to an activating group) is 1. The molecule has 0 aromatic heterocycles. The summed E-state index contributed by atoms with van der Waals surface area (Å²) >= 11 is 0. The molecule has 3 nitrogen and oxygen atoms in total. The summed E-state index contributed by atoms with van der Waals surface area (Å²) in [6, 6.07) is 16.6. The highest BCUT2D eigenvalue weighted by Crippen LogP contribution is 2.40. The van der Waals surface area contributed by atoms with Crippen molar-refractivity contribution >= 4 is 5.91 Å². The van der Waals surface area contributed by atoms with Crippen molar-refractivity contribution in [3.05, 3.63) is 71.3 Å². The SMILES string of the molecule is CN1C(=O)c2ccccc2C1C(O)c1ccccc1. The van der Waals surface area contributed by atoms with Gasteiger partial charge in [-0.2, -0.15) is 0 Å².